The molecule has 2 heteroatoms. The maximum absolute atomic E-state index is 2.75. The molecular weight excluding hydrogens is 393 g/mol. The fraction of sp³-hybridized carbons (Fsp3) is 0.280. The van der Waals surface area contributed by atoms with Crippen molar-refractivity contribution >= 4 is 19.4 Å². The molecule has 27 heavy (non-hydrogen) atoms. The number of hydrogen-bond acceptors (Lipinski definition) is 1. The van der Waals surface area contributed by atoms with Gasteiger partial charge < -0.3 is 0 Å². The van der Waals surface area contributed by atoms with E-state index >= 15 is 0 Å². The van der Waals surface area contributed by atoms with Gasteiger partial charge in [0.05, 0.1) is 0 Å². The standard InChI is InChI=1S/C25H25NSe/c1-19-12-14-21(15-13-19)24-25(27-23-10-6-3-7-11-23)16-22(25)18-26(24)17-20-8-4-2-5-9-20/h2-15,22,24H,16-18H2,1H3/t22-,24-,25+/m0/s1. The number of benzene rings is 3. The number of fused-ring (bicyclic) bond motifs is 1. The first kappa shape index (κ1) is 17.3. The SMILES string of the molecule is Cc1ccc([C@@H]2N(Cc3ccccc3)C[C@@H]3C[C@@]32[Se]c2ccccc2)cc1. The molecule has 1 aliphatic carbocycles. The molecule has 1 nitrogen and oxygen atoms in total. The zero-order valence-electron chi connectivity index (χ0n) is 15.7. The molecule has 0 aromatic heterocycles. The summed E-state index contributed by atoms with van der Waals surface area (Å²) in [5, 5.41) is 0. The molecule has 1 saturated carbocycles. The molecule has 1 aliphatic heterocycles. The van der Waals surface area contributed by atoms with E-state index in [1.807, 2.05) is 0 Å². The van der Waals surface area contributed by atoms with Gasteiger partial charge >= 0.3 is 169 Å². The molecule has 5 rings (SSSR count). The monoisotopic (exact) mass is 419 g/mol. The van der Waals surface area contributed by atoms with Gasteiger partial charge in [0, 0.05) is 0 Å². The van der Waals surface area contributed by atoms with E-state index < -0.39 is 0 Å². The van der Waals surface area contributed by atoms with Gasteiger partial charge in [-0.05, 0) is 0 Å². The fourth-order valence-electron chi connectivity index (χ4n) is 4.68. The summed E-state index contributed by atoms with van der Waals surface area (Å²) >= 11 is 0.514. The van der Waals surface area contributed by atoms with Crippen LogP contribution < -0.4 is 4.46 Å². The van der Waals surface area contributed by atoms with Crippen molar-refractivity contribution in [2.24, 2.45) is 5.92 Å². The van der Waals surface area contributed by atoms with E-state index in [-0.39, 0.29) is 0 Å². The van der Waals surface area contributed by atoms with E-state index in [2.05, 4.69) is 96.8 Å². The van der Waals surface area contributed by atoms with Gasteiger partial charge in [0.25, 0.3) is 0 Å². The Morgan fingerprint density at radius 2 is 1.56 bits per heavy atom. The average Bonchev–Trinajstić information content (AvgIpc) is 3.29. The second-order valence-electron chi connectivity index (χ2n) is 8.00. The first-order valence-corrected chi connectivity index (χ1v) is 11.5. The Balaban J connectivity index is 1.49. The zero-order valence-corrected chi connectivity index (χ0v) is 17.4. The second kappa shape index (κ2) is 6.95. The number of likely N-dealkylation sites (tertiary alicyclic amines) is 1. The molecule has 3 atom stereocenters. The maximum atomic E-state index is 2.75. The van der Waals surface area contributed by atoms with Crippen molar-refractivity contribution in [3.05, 3.63) is 102 Å². The van der Waals surface area contributed by atoms with Crippen LogP contribution in [0.25, 0.3) is 0 Å². The Kier molecular flexibility index (Phi) is 4.44. The third-order valence-electron chi connectivity index (χ3n) is 6.05. The molecule has 3 aromatic carbocycles. The van der Waals surface area contributed by atoms with Gasteiger partial charge in [0.1, 0.15) is 0 Å². The van der Waals surface area contributed by atoms with Gasteiger partial charge in [-0.3, -0.25) is 0 Å². The average molecular weight is 418 g/mol. The van der Waals surface area contributed by atoms with Crippen LogP contribution in [-0.2, 0) is 6.54 Å². The summed E-state index contributed by atoms with van der Waals surface area (Å²) in [6, 6.07) is 32.0. The van der Waals surface area contributed by atoms with Gasteiger partial charge in [-0.25, -0.2) is 0 Å². The van der Waals surface area contributed by atoms with Gasteiger partial charge in [0.2, 0.25) is 0 Å². The summed E-state index contributed by atoms with van der Waals surface area (Å²) in [6.07, 6.45) is 1.39. The molecule has 0 unspecified atom stereocenters. The predicted octanol–water partition coefficient (Wildman–Crippen LogP) is 4.76. The van der Waals surface area contributed by atoms with Crippen LogP contribution in [0.15, 0.2) is 84.9 Å². The van der Waals surface area contributed by atoms with Crippen LogP contribution in [0.5, 0.6) is 0 Å². The zero-order chi connectivity index (χ0) is 18.3. The topological polar surface area (TPSA) is 3.24 Å². The Morgan fingerprint density at radius 3 is 2.26 bits per heavy atom. The van der Waals surface area contributed by atoms with E-state index in [1.165, 1.54) is 29.7 Å². The number of nitrogens with zero attached hydrogens (tertiary/aromatic N) is 1. The van der Waals surface area contributed by atoms with Crippen LogP contribution in [0, 0.1) is 12.8 Å². The minimum atomic E-state index is 0.471. The van der Waals surface area contributed by atoms with Gasteiger partial charge in [-0.15, -0.1) is 0 Å². The fourth-order valence-corrected chi connectivity index (χ4v) is 8.15. The van der Waals surface area contributed by atoms with Crippen molar-refractivity contribution in [2.45, 2.75) is 30.2 Å². The molecule has 136 valence electrons. The van der Waals surface area contributed by atoms with Crippen LogP contribution in [-0.4, -0.2) is 26.4 Å². The Hall–Kier alpha value is -1.86. The minimum absolute atomic E-state index is 0.471. The molecule has 1 heterocycles. The van der Waals surface area contributed by atoms with Crippen LogP contribution in [0.3, 0.4) is 0 Å². The van der Waals surface area contributed by atoms with E-state index in [1.54, 1.807) is 4.46 Å². The molecule has 1 saturated heterocycles. The molecule has 0 radical (unpaired) electrons. The molecule has 2 aliphatic rings. The molecule has 0 bridgehead atoms. The molecule has 0 spiro atoms. The number of hydrogen-bond donors (Lipinski definition) is 0. The summed E-state index contributed by atoms with van der Waals surface area (Å²) in [6.45, 7) is 4.48. The summed E-state index contributed by atoms with van der Waals surface area (Å²) in [7, 11) is 0. The third kappa shape index (κ3) is 3.27. The number of piperidine rings is 1. The first-order chi connectivity index (χ1) is 13.2. The van der Waals surface area contributed by atoms with Crippen LogP contribution in [0.1, 0.15) is 29.2 Å². The van der Waals surface area contributed by atoms with E-state index in [0.29, 0.717) is 25.3 Å². The van der Waals surface area contributed by atoms with Crippen molar-refractivity contribution in [2.75, 3.05) is 6.54 Å². The molecule has 0 amide bonds. The Bertz CT molecular complexity index is 906. The molecular formula is C25H25NSe. The van der Waals surface area contributed by atoms with Crippen molar-refractivity contribution in [1.29, 1.82) is 0 Å². The molecule has 0 N–H and O–H groups in total. The third-order valence-corrected chi connectivity index (χ3v) is 9.43. The van der Waals surface area contributed by atoms with Crippen molar-refractivity contribution < 1.29 is 0 Å². The quantitative estimate of drug-likeness (QED) is 0.540. The van der Waals surface area contributed by atoms with E-state index in [0.717, 1.165) is 12.5 Å². The van der Waals surface area contributed by atoms with E-state index in [4.69, 9.17) is 0 Å². The predicted molar refractivity (Wildman–Crippen MR) is 113 cm³/mol. The summed E-state index contributed by atoms with van der Waals surface area (Å²) in [5.74, 6) is 0.854. The van der Waals surface area contributed by atoms with Crippen molar-refractivity contribution in [3.8, 4) is 0 Å². The summed E-state index contributed by atoms with van der Waals surface area (Å²) in [4.78, 5) is 2.75. The number of rotatable bonds is 5. The van der Waals surface area contributed by atoms with E-state index in [9.17, 15) is 0 Å². The molecule has 2 fully saturated rings. The van der Waals surface area contributed by atoms with Crippen LogP contribution >= 0.6 is 0 Å². The van der Waals surface area contributed by atoms with Crippen molar-refractivity contribution in [3.63, 3.8) is 0 Å². The first-order valence-electron chi connectivity index (χ1n) is 9.83. The van der Waals surface area contributed by atoms with Gasteiger partial charge in [0.15, 0.2) is 0 Å². The normalized spacial score (nSPS) is 26.7. The summed E-state index contributed by atoms with van der Waals surface area (Å²) in [5.41, 5.74) is 4.29. The Morgan fingerprint density at radius 1 is 0.889 bits per heavy atom. The van der Waals surface area contributed by atoms with Crippen molar-refractivity contribution in [1.82, 2.24) is 4.90 Å². The Labute approximate surface area is 168 Å². The van der Waals surface area contributed by atoms with Gasteiger partial charge in [-0.2, -0.15) is 0 Å². The van der Waals surface area contributed by atoms with Crippen LogP contribution in [0.2, 0.25) is 4.31 Å². The molecule has 3 aromatic rings. The van der Waals surface area contributed by atoms with Crippen LogP contribution in [0.4, 0.5) is 0 Å². The number of aryl methyl sites for hydroxylation is 1. The second-order valence-corrected chi connectivity index (χ2v) is 11.0. The van der Waals surface area contributed by atoms with Gasteiger partial charge in [-0.1, -0.05) is 0 Å². The summed E-state index contributed by atoms with van der Waals surface area (Å²) < 4.78 is 2.02.